The molecule has 0 aliphatic carbocycles. The second-order valence-electron chi connectivity index (χ2n) is 8.50. The second-order valence-corrected chi connectivity index (χ2v) is 8.50. The highest BCUT2D eigenvalue weighted by molar-refractivity contribution is 6.03. The summed E-state index contributed by atoms with van der Waals surface area (Å²) in [5.74, 6) is 1.75. The van der Waals surface area contributed by atoms with Crippen LogP contribution in [0.15, 0.2) is 59.7 Å². The van der Waals surface area contributed by atoms with Crippen molar-refractivity contribution in [3.05, 3.63) is 77.1 Å². The first-order chi connectivity index (χ1) is 16.1. The van der Waals surface area contributed by atoms with Gasteiger partial charge in [-0.1, -0.05) is 11.2 Å². The van der Waals surface area contributed by atoms with Gasteiger partial charge in [-0.3, -0.25) is 0 Å². The lowest BCUT2D eigenvalue weighted by molar-refractivity contribution is -0.114. The molecular formula is C25H23FN4O3. The number of amidine groups is 1. The van der Waals surface area contributed by atoms with Crippen molar-refractivity contribution in [2.45, 2.75) is 25.5 Å². The number of piperidine rings is 1. The molecule has 7 nitrogen and oxygen atoms in total. The Morgan fingerprint density at radius 3 is 2.94 bits per heavy atom. The van der Waals surface area contributed by atoms with Crippen LogP contribution in [0.25, 0.3) is 11.8 Å². The van der Waals surface area contributed by atoms with Gasteiger partial charge in [0, 0.05) is 18.8 Å². The van der Waals surface area contributed by atoms with E-state index < -0.39 is 5.72 Å². The molecule has 0 saturated carbocycles. The van der Waals surface area contributed by atoms with E-state index in [0.29, 0.717) is 5.75 Å². The molecule has 0 N–H and O–H groups in total. The Balaban J connectivity index is 1.33. The number of hydrogen-bond donors (Lipinski definition) is 0. The number of halogens is 1. The van der Waals surface area contributed by atoms with E-state index in [-0.39, 0.29) is 12.4 Å². The Morgan fingerprint density at radius 1 is 1.21 bits per heavy atom. The van der Waals surface area contributed by atoms with Crippen LogP contribution < -0.4 is 9.47 Å². The Hall–Kier alpha value is -3.81. The maximum atomic E-state index is 13.7. The average molecular weight is 446 g/mol. The van der Waals surface area contributed by atoms with Gasteiger partial charge in [-0.2, -0.15) is 0 Å². The minimum absolute atomic E-state index is 0.277. The van der Waals surface area contributed by atoms with Crippen molar-refractivity contribution in [3.8, 4) is 17.2 Å². The summed E-state index contributed by atoms with van der Waals surface area (Å²) in [4.78, 5) is 12.4. The Kier molecular flexibility index (Phi) is 4.43. The van der Waals surface area contributed by atoms with E-state index in [1.807, 2.05) is 29.8 Å². The Labute approximate surface area is 190 Å². The monoisotopic (exact) mass is 446 g/mol. The molecule has 4 heterocycles. The summed E-state index contributed by atoms with van der Waals surface area (Å²) in [6.45, 7) is 3.02. The number of hydrogen-bond acceptors (Lipinski definition) is 6. The minimum Gasteiger partial charge on any atom is -0.495 e. The molecule has 1 unspecified atom stereocenters. The van der Waals surface area contributed by atoms with Crippen LogP contribution in [0.5, 0.6) is 11.5 Å². The van der Waals surface area contributed by atoms with Crippen molar-refractivity contribution >= 4 is 11.9 Å². The number of benzene rings is 2. The predicted molar refractivity (Wildman–Crippen MR) is 121 cm³/mol. The maximum absolute atomic E-state index is 13.7. The largest absolute Gasteiger partial charge is 0.495 e. The van der Waals surface area contributed by atoms with E-state index in [1.54, 1.807) is 19.5 Å². The summed E-state index contributed by atoms with van der Waals surface area (Å²) in [6.07, 6.45) is 7.71. The molecule has 0 radical (unpaired) electrons. The number of aromatic nitrogens is 2. The van der Waals surface area contributed by atoms with Crippen LogP contribution in [0.1, 0.15) is 29.7 Å². The molecule has 1 spiro atoms. The zero-order chi connectivity index (χ0) is 22.6. The van der Waals surface area contributed by atoms with Crippen molar-refractivity contribution in [1.82, 2.24) is 14.5 Å². The highest BCUT2D eigenvalue weighted by Gasteiger charge is 2.55. The lowest BCUT2D eigenvalue weighted by Gasteiger charge is -2.36. The fourth-order valence-corrected chi connectivity index (χ4v) is 4.82. The highest BCUT2D eigenvalue weighted by Crippen LogP contribution is 2.47. The third-order valence-electron chi connectivity index (χ3n) is 6.41. The zero-order valence-electron chi connectivity index (χ0n) is 18.4. The third kappa shape index (κ3) is 3.08. The molecule has 1 aromatic heterocycles. The summed E-state index contributed by atoms with van der Waals surface area (Å²) in [5, 5.41) is 4.46. The fraction of sp³-hybridized carbons (Fsp3) is 0.280. The zero-order valence-corrected chi connectivity index (χ0v) is 18.4. The van der Waals surface area contributed by atoms with Gasteiger partial charge in [0.1, 0.15) is 17.3 Å². The number of methoxy groups -OCH3 is 1. The van der Waals surface area contributed by atoms with Crippen LogP contribution in [0.2, 0.25) is 0 Å². The SMILES string of the molecule is COc1cc(/C=C2\CCCN3C2=NOC32COc3cc(F)ccc32)ccc1-n1cnc(C)c1. The third-order valence-corrected chi connectivity index (χ3v) is 6.41. The smallest absolute Gasteiger partial charge is 0.274 e. The van der Waals surface area contributed by atoms with Crippen LogP contribution >= 0.6 is 0 Å². The van der Waals surface area contributed by atoms with Crippen molar-refractivity contribution in [2.75, 3.05) is 20.3 Å². The molecule has 1 atom stereocenters. The fourth-order valence-electron chi connectivity index (χ4n) is 4.82. The van der Waals surface area contributed by atoms with Crippen LogP contribution in [-0.2, 0) is 10.6 Å². The summed E-state index contributed by atoms with van der Waals surface area (Å²) in [5.41, 5.74) is 3.95. The van der Waals surface area contributed by atoms with Gasteiger partial charge >= 0.3 is 0 Å². The van der Waals surface area contributed by atoms with Gasteiger partial charge in [0.15, 0.2) is 12.4 Å². The number of rotatable bonds is 3. The highest BCUT2D eigenvalue weighted by atomic mass is 19.1. The van der Waals surface area contributed by atoms with E-state index in [1.165, 1.54) is 12.1 Å². The van der Waals surface area contributed by atoms with E-state index in [9.17, 15) is 4.39 Å². The van der Waals surface area contributed by atoms with Gasteiger partial charge in [-0.15, -0.1) is 0 Å². The second kappa shape index (κ2) is 7.37. The summed E-state index contributed by atoms with van der Waals surface area (Å²) >= 11 is 0. The van der Waals surface area contributed by atoms with Crippen LogP contribution in [0, 0.1) is 12.7 Å². The van der Waals surface area contributed by atoms with E-state index in [4.69, 9.17) is 14.3 Å². The minimum atomic E-state index is -0.835. The predicted octanol–water partition coefficient (Wildman–Crippen LogP) is 4.40. The van der Waals surface area contributed by atoms with Crippen molar-refractivity contribution in [1.29, 1.82) is 0 Å². The number of oxime groups is 1. The van der Waals surface area contributed by atoms with Gasteiger partial charge in [0.2, 0.25) is 0 Å². The maximum Gasteiger partial charge on any atom is 0.274 e. The molecule has 33 heavy (non-hydrogen) atoms. The lowest BCUT2D eigenvalue weighted by Crippen LogP contribution is -2.50. The van der Waals surface area contributed by atoms with Gasteiger partial charge in [0.25, 0.3) is 5.72 Å². The molecular weight excluding hydrogens is 423 g/mol. The van der Waals surface area contributed by atoms with Crippen LogP contribution in [0.3, 0.4) is 0 Å². The molecule has 3 aliphatic heterocycles. The summed E-state index contributed by atoms with van der Waals surface area (Å²) < 4.78 is 27.1. The summed E-state index contributed by atoms with van der Waals surface area (Å²) in [6, 6.07) is 10.7. The number of aryl methyl sites for hydroxylation is 1. The molecule has 3 aliphatic rings. The molecule has 1 saturated heterocycles. The van der Waals surface area contributed by atoms with E-state index in [2.05, 4.69) is 27.2 Å². The Morgan fingerprint density at radius 2 is 2.12 bits per heavy atom. The van der Waals surface area contributed by atoms with E-state index in [0.717, 1.165) is 59.1 Å². The molecule has 0 bridgehead atoms. The molecule has 6 rings (SSSR count). The number of ether oxygens (including phenoxy) is 2. The van der Waals surface area contributed by atoms with Gasteiger partial charge < -0.3 is 23.8 Å². The van der Waals surface area contributed by atoms with E-state index >= 15 is 0 Å². The molecule has 2 aromatic carbocycles. The molecule has 8 heteroatoms. The molecule has 3 aromatic rings. The Bertz CT molecular complexity index is 1310. The van der Waals surface area contributed by atoms with Crippen molar-refractivity contribution in [2.24, 2.45) is 5.16 Å². The number of imidazole rings is 1. The number of nitrogens with zero attached hydrogens (tertiary/aromatic N) is 4. The molecule has 0 amide bonds. The topological polar surface area (TPSA) is 61.1 Å². The number of fused-ring (bicyclic) bond motifs is 4. The van der Waals surface area contributed by atoms with Gasteiger partial charge in [-0.25, -0.2) is 9.37 Å². The summed E-state index contributed by atoms with van der Waals surface area (Å²) in [7, 11) is 1.67. The lowest BCUT2D eigenvalue weighted by atomic mass is 9.95. The first-order valence-corrected chi connectivity index (χ1v) is 10.9. The standard InChI is InChI=1S/C25H23FN4O3/c1-16-13-29(15-27-16)21-8-5-17(11-23(21)31-2)10-18-4-3-9-30-24(18)28-33-25(30)14-32-22-12-19(26)6-7-20(22)25/h5-8,10-13,15H,3-4,9,14H2,1-2H3/b18-10+. The quantitative estimate of drug-likeness (QED) is 0.597. The van der Waals surface area contributed by atoms with Crippen LogP contribution in [-0.4, -0.2) is 40.5 Å². The first-order valence-electron chi connectivity index (χ1n) is 10.9. The molecule has 168 valence electrons. The average Bonchev–Trinajstić information content (AvgIpc) is 3.52. The first kappa shape index (κ1) is 19.8. The van der Waals surface area contributed by atoms with Gasteiger partial charge in [0.05, 0.1) is 30.4 Å². The van der Waals surface area contributed by atoms with Gasteiger partial charge in [-0.05, 0) is 61.2 Å². The molecule has 1 fully saturated rings. The van der Waals surface area contributed by atoms with Crippen LogP contribution in [0.4, 0.5) is 4.39 Å². The van der Waals surface area contributed by atoms with Crippen molar-refractivity contribution < 1.29 is 18.7 Å². The normalized spacial score (nSPS) is 22.1. The van der Waals surface area contributed by atoms with Crippen molar-refractivity contribution in [3.63, 3.8) is 0 Å².